The lowest BCUT2D eigenvalue weighted by molar-refractivity contribution is -0.119. The third-order valence-corrected chi connectivity index (χ3v) is 5.58. The Balaban J connectivity index is 1.34. The molecular weight excluding hydrogens is 510 g/mol. The molecule has 2 N–H and O–H groups in total. The summed E-state index contributed by atoms with van der Waals surface area (Å²) < 4.78 is 11.6. The highest BCUT2D eigenvalue weighted by atomic mass is 79.9. The summed E-state index contributed by atoms with van der Waals surface area (Å²) in [5, 5.41) is 9.28. The number of methoxy groups -OCH3 is 1. The first-order valence-corrected chi connectivity index (χ1v) is 11.5. The van der Waals surface area contributed by atoms with E-state index in [1.54, 1.807) is 36.4 Å². The number of fused-ring (bicyclic) bond motifs is 1. The predicted octanol–water partition coefficient (Wildman–Crippen LogP) is 5.39. The van der Waals surface area contributed by atoms with Crippen molar-refractivity contribution in [1.29, 1.82) is 0 Å². The van der Waals surface area contributed by atoms with Crippen LogP contribution >= 0.6 is 15.9 Å². The van der Waals surface area contributed by atoms with E-state index in [0.717, 1.165) is 20.9 Å². The fraction of sp³-hybridized carbons (Fsp3) is 0.0741. The SMILES string of the molecule is COc1cc(C=NNC(=O)CNc2cccc3ccccc23)ccc1OC(=O)c1cccc(Br)c1. The molecule has 1 amide bonds. The normalized spacial score (nSPS) is 10.8. The van der Waals surface area contributed by atoms with Crippen LogP contribution < -0.4 is 20.2 Å². The number of nitrogens with one attached hydrogen (secondary N) is 2. The number of esters is 1. The van der Waals surface area contributed by atoms with Gasteiger partial charge in [-0.15, -0.1) is 0 Å². The monoisotopic (exact) mass is 531 g/mol. The van der Waals surface area contributed by atoms with E-state index in [4.69, 9.17) is 9.47 Å². The average Bonchev–Trinajstić information content (AvgIpc) is 2.88. The van der Waals surface area contributed by atoms with Gasteiger partial charge < -0.3 is 14.8 Å². The smallest absolute Gasteiger partial charge is 0.343 e. The largest absolute Gasteiger partial charge is 0.493 e. The molecule has 0 aliphatic heterocycles. The van der Waals surface area contributed by atoms with Crippen LogP contribution in [0.1, 0.15) is 15.9 Å². The van der Waals surface area contributed by atoms with E-state index in [0.29, 0.717) is 16.9 Å². The summed E-state index contributed by atoms with van der Waals surface area (Å²) in [5.41, 5.74) is 4.44. The number of anilines is 1. The van der Waals surface area contributed by atoms with Crippen molar-refractivity contribution in [3.8, 4) is 11.5 Å². The summed E-state index contributed by atoms with van der Waals surface area (Å²) in [6.07, 6.45) is 1.48. The molecule has 0 fully saturated rings. The van der Waals surface area contributed by atoms with E-state index in [9.17, 15) is 9.59 Å². The van der Waals surface area contributed by atoms with Crippen molar-refractivity contribution in [3.63, 3.8) is 0 Å². The lowest BCUT2D eigenvalue weighted by Gasteiger charge is -2.10. The molecule has 0 radical (unpaired) electrons. The second-order valence-electron chi connectivity index (χ2n) is 7.48. The maximum atomic E-state index is 12.4. The Kier molecular flexibility index (Phi) is 7.74. The van der Waals surface area contributed by atoms with Gasteiger partial charge in [-0.05, 0) is 53.4 Å². The predicted molar refractivity (Wildman–Crippen MR) is 140 cm³/mol. The number of carbonyl (C=O) groups is 2. The van der Waals surface area contributed by atoms with Crippen LogP contribution in [-0.2, 0) is 4.79 Å². The molecule has 0 atom stereocenters. The van der Waals surface area contributed by atoms with E-state index in [-0.39, 0.29) is 18.2 Å². The van der Waals surface area contributed by atoms with Crippen LogP contribution in [0.5, 0.6) is 11.5 Å². The van der Waals surface area contributed by atoms with Gasteiger partial charge in [-0.25, -0.2) is 10.2 Å². The topological polar surface area (TPSA) is 89.0 Å². The highest BCUT2D eigenvalue weighted by molar-refractivity contribution is 9.10. The summed E-state index contributed by atoms with van der Waals surface area (Å²) in [6.45, 7) is 0.0686. The first-order chi connectivity index (χ1) is 17.0. The minimum absolute atomic E-state index is 0.0686. The van der Waals surface area contributed by atoms with Gasteiger partial charge in [-0.3, -0.25) is 4.79 Å². The molecule has 4 rings (SSSR count). The maximum Gasteiger partial charge on any atom is 0.343 e. The lowest BCUT2D eigenvalue weighted by atomic mass is 10.1. The van der Waals surface area contributed by atoms with Gasteiger partial charge in [0.05, 0.1) is 25.4 Å². The number of amides is 1. The number of hydrogen-bond acceptors (Lipinski definition) is 6. The van der Waals surface area contributed by atoms with Gasteiger partial charge in [0.15, 0.2) is 11.5 Å². The maximum absolute atomic E-state index is 12.4. The van der Waals surface area contributed by atoms with E-state index in [2.05, 4.69) is 31.8 Å². The van der Waals surface area contributed by atoms with E-state index >= 15 is 0 Å². The van der Waals surface area contributed by atoms with Crippen LogP contribution in [0.15, 0.2) is 94.5 Å². The summed E-state index contributed by atoms with van der Waals surface area (Å²) in [6, 6.07) is 25.7. The molecule has 35 heavy (non-hydrogen) atoms. The Morgan fingerprint density at radius 1 is 0.943 bits per heavy atom. The molecule has 0 aliphatic rings. The van der Waals surface area contributed by atoms with Crippen LogP contribution in [0.2, 0.25) is 0 Å². The Bertz CT molecular complexity index is 1400. The van der Waals surface area contributed by atoms with E-state index in [1.165, 1.54) is 13.3 Å². The zero-order chi connectivity index (χ0) is 24.6. The molecule has 0 aromatic heterocycles. The number of hydrogen-bond donors (Lipinski definition) is 2. The minimum atomic E-state index is -0.503. The third kappa shape index (κ3) is 6.24. The summed E-state index contributed by atoms with van der Waals surface area (Å²) in [7, 11) is 1.48. The van der Waals surface area contributed by atoms with Crippen molar-refractivity contribution in [2.24, 2.45) is 5.10 Å². The molecular formula is C27H22BrN3O4. The molecule has 7 nitrogen and oxygen atoms in total. The number of nitrogens with zero attached hydrogens (tertiary/aromatic N) is 1. The van der Waals surface area contributed by atoms with Gasteiger partial charge in [-0.1, -0.05) is 58.4 Å². The minimum Gasteiger partial charge on any atom is -0.493 e. The molecule has 0 saturated carbocycles. The molecule has 0 heterocycles. The van der Waals surface area contributed by atoms with Crippen LogP contribution in [0, 0.1) is 0 Å². The molecule has 176 valence electrons. The van der Waals surface area contributed by atoms with Crippen LogP contribution in [-0.4, -0.2) is 31.7 Å². The van der Waals surface area contributed by atoms with Crippen molar-refractivity contribution in [1.82, 2.24) is 5.43 Å². The lowest BCUT2D eigenvalue weighted by Crippen LogP contribution is -2.25. The molecule has 0 spiro atoms. The molecule has 0 aliphatic carbocycles. The third-order valence-electron chi connectivity index (χ3n) is 5.08. The standard InChI is InChI=1S/C27H22BrN3O4/c1-34-25-14-18(12-13-24(25)35-27(33)20-8-4-9-21(28)15-20)16-30-31-26(32)17-29-23-11-5-7-19-6-2-3-10-22(19)23/h2-16,29H,17H2,1H3,(H,31,32). The molecule has 4 aromatic rings. The van der Waals surface area contributed by atoms with Gasteiger partial charge in [0.1, 0.15) is 0 Å². The van der Waals surface area contributed by atoms with Gasteiger partial charge in [0.2, 0.25) is 0 Å². The van der Waals surface area contributed by atoms with E-state index in [1.807, 2.05) is 48.5 Å². The zero-order valence-corrected chi connectivity index (χ0v) is 20.4. The first-order valence-electron chi connectivity index (χ1n) is 10.7. The first kappa shape index (κ1) is 24.0. The average molecular weight is 532 g/mol. The number of hydrazone groups is 1. The number of benzene rings is 4. The number of halogens is 1. The highest BCUT2D eigenvalue weighted by Crippen LogP contribution is 2.28. The van der Waals surface area contributed by atoms with Crippen LogP contribution in [0.25, 0.3) is 10.8 Å². The fourth-order valence-corrected chi connectivity index (χ4v) is 3.80. The number of carbonyl (C=O) groups excluding carboxylic acids is 2. The summed E-state index contributed by atoms with van der Waals surface area (Å²) in [4.78, 5) is 24.7. The summed E-state index contributed by atoms with van der Waals surface area (Å²) in [5.74, 6) is -0.156. The number of rotatable bonds is 8. The second kappa shape index (κ2) is 11.3. The van der Waals surface area contributed by atoms with Gasteiger partial charge in [-0.2, -0.15) is 5.10 Å². The highest BCUT2D eigenvalue weighted by Gasteiger charge is 2.13. The van der Waals surface area contributed by atoms with Gasteiger partial charge >= 0.3 is 5.97 Å². The molecule has 0 bridgehead atoms. The fourth-order valence-electron chi connectivity index (χ4n) is 3.40. The van der Waals surface area contributed by atoms with Crippen LogP contribution in [0.4, 0.5) is 5.69 Å². The quantitative estimate of drug-likeness (QED) is 0.138. The Morgan fingerprint density at radius 2 is 1.74 bits per heavy atom. The Hall–Kier alpha value is -4.17. The second-order valence-corrected chi connectivity index (χ2v) is 8.40. The Morgan fingerprint density at radius 3 is 2.57 bits per heavy atom. The number of ether oxygens (including phenoxy) is 2. The van der Waals surface area contributed by atoms with Gasteiger partial charge in [0.25, 0.3) is 5.91 Å². The van der Waals surface area contributed by atoms with Crippen molar-refractivity contribution in [2.45, 2.75) is 0 Å². The zero-order valence-electron chi connectivity index (χ0n) is 18.8. The van der Waals surface area contributed by atoms with Crippen molar-refractivity contribution in [3.05, 3.63) is 101 Å². The summed E-state index contributed by atoms with van der Waals surface area (Å²) >= 11 is 3.34. The van der Waals surface area contributed by atoms with E-state index < -0.39 is 5.97 Å². The molecule has 0 saturated heterocycles. The van der Waals surface area contributed by atoms with Crippen molar-refractivity contribution < 1.29 is 19.1 Å². The Labute approximate surface area is 210 Å². The van der Waals surface area contributed by atoms with Crippen LogP contribution in [0.3, 0.4) is 0 Å². The molecule has 0 unspecified atom stereocenters. The molecule has 4 aromatic carbocycles. The van der Waals surface area contributed by atoms with Crippen molar-refractivity contribution in [2.75, 3.05) is 19.0 Å². The van der Waals surface area contributed by atoms with Crippen molar-refractivity contribution >= 4 is 50.5 Å². The molecule has 8 heteroatoms. The van der Waals surface area contributed by atoms with Gasteiger partial charge in [0, 0.05) is 15.5 Å².